The van der Waals surface area contributed by atoms with Gasteiger partial charge in [0.25, 0.3) is 0 Å². The van der Waals surface area contributed by atoms with Crippen LogP contribution in [0.25, 0.3) is 17.0 Å². The molecule has 1 aliphatic heterocycles. The van der Waals surface area contributed by atoms with Crippen molar-refractivity contribution in [3.05, 3.63) is 77.1 Å². The number of pyridine rings is 1. The molecule has 28 heavy (non-hydrogen) atoms. The van der Waals surface area contributed by atoms with E-state index in [9.17, 15) is 9.59 Å². The van der Waals surface area contributed by atoms with Gasteiger partial charge in [0.05, 0.1) is 28.7 Å². The highest BCUT2D eigenvalue weighted by Crippen LogP contribution is 2.34. The highest BCUT2D eigenvalue weighted by atomic mass is 35.5. The van der Waals surface area contributed by atoms with Gasteiger partial charge < -0.3 is 10.2 Å². The highest BCUT2D eigenvalue weighted by molar-refractivity contribution is 6.35. The molecule has 0 bridgehead atoms. The summed E-state index contributed by atoms with van der Waals surface area (Å²) in [5, 5.41) is 4.28. The first kappa shape index (κ1) is 18.2. The number of anilines is 1. The Morgan fingerprint density at radius 2 is 1.96 bits per heavy atom. The van der Waals surface area contributed by atoms with Crippen LogP contribution in [0.1, 0.15) is 30.5 Å². The number of aromatic nitrogens is 1. The highest BCUT2D eigenvalue weighted by Gasteiger charge is 2.28. The molecule has 140 valence electrons. The lowest BCUT2D eigenvalue weighted by atomic mass is 9.93. The number of carbonyl (C=O) groups excluding carboxylic acids is 2. The minimum atomic E-state index is -0.356. The van der Waals surface area contributed by atoms with Gasteiger partial charge in [-0.1, -0.05) is 35.9 Å². The molecule has 0 fully saturated rings. The first-order chi connectivity index (χ1) is 13.5. The van der Waals surface area contributed by atoms with Gasteiger partial charge in [0.1, 0.15) is 0 Å². The fraction of sp³-hybridized carbons (Fsp3) is 0.136. The van der Waals surface area contributed by atoms with E-state index in [0.717, 1.165) is 16.5 Å². The van der Waals surface area contributed by atoms with E-state index in [2.05, 4.69) is 10.3 Å². The summed E-state index contributed by atoms with van der Waals surface area (Å²) in [6, 6.07) is 14.6. The van der Waals surface area contributed by atoms with Crippen LogP contribution in [0.5, 0.6) is 0 Å². The van der Waals surface area contributed by atoms with Crippen molar-refractivity contribution in [3.63, 3.8) is 0 Å². The van der Waals surface area contributed by atoms with Crippen molar-refractivity contribution in [1.82, 2.24) is 9.88 Å². The van der Waals surface area contributed by atoms with Gasteiger partial charge >= 0.3 is 0 Å². The summed E-state index contributed by atoms with van der Waals surface area (Å²) < 4.78 is 0. The molecular formula is C22H18ClN3O2. The zero-order valence-electron chi connectivity index (χ0n) is 15.2. The molecule has 0 radical (unpaired) electrons. The molecule has 2 aromatic carbocycles. The topological polar surface area (TPSA) is 62.3 Å². The van der Waals surface area contributed by atoms with E-state index >= 15 is 0 Å². The summed E-state index contributed by atoms with van der Waals surface area (Å²) in [5.74, 6) is -0.308. The van der Waals surface area contributed by atoms with Gasteiger partial charge in [0, 0.05) is 24.7 Å². The number of hydrogen-bond donors (Lipinski definition) is 1. The van der Waals surface area contributed by atoms with Crippen molar-refractivity contribution in [2.45, 2.75) is 19.4 Å². The number of amides is 2. The number of carbonyl (C=O) groups is 2. The van der Waals surface area contributed by atoms with Crippen molar-refractivity contribution in [2.75, 3.05) is 5.32 Å². The largest absolute Gasteiger partial charge is 0.324 e. The number of fused-ring (bicyclic) bond motifs is 2. The second-order valence-corrected chi connectivity index (χ2v) is 7.04. The predicted molar refractivity (Wildman–Crippen MR) is 111 cm³/mol. The lowest BCUT2D eigenvalue weighted by Gasteiger charge is -2.32. The summed E-state index contributed by atoms with van der Waals surface area (Å²) in [7, 11) is 0. The predicted octanol–water partition coefficient (Wildman–Crippen LogP) is 4.79. The van der Waals surface area contributed by atoms with Crippen LogP contribution in [-0.4, -0.2) is 21.7 Å². The van der Waals surface area contributed by atoms with Crippen molar-refractivity contribution in [1.29, 1.82) is 0 Å². The van der Waals surface area contributed by atoms with Crippen molar-refractivity contribution < 1.29 is 9.59 Å². The molecular weight excluding hydrogens is 374 g/mol. The standard InChI is InChI=1S/C22H18ClN3O2/c1-14(27)26-12-10-15-5-2-3-6-16(15)20(26)13-21(28)25-19-9-8-18(23)17-7-4-11-24-22(17)19/h2-12,20H,13H2,1H3,(H,25,28). The Bertz CT molecular complexity index is 1110. The Morgan fingerprint density at radius 3 is 2.79 bits per heavy atom. The van der Waals surface area contributed by atoms with Crippen molar-refractivity contribution in [2.24, 2.45) is 0 Å². The Morgan fingerprint density at radius 1 is 1.14 bits per heavy atom. The van der Waals surface area contributed by atoms with E-state index in [1.54, 1.807) is 35.5 Å². The van der Waals surface area contributed by atoms with Gasteiger partial charge in [0.2, 0.25) is 11.8 Å². The van der Waals surface area contributed by atoms with Gasteiger partial charge in [-0.3, -0.25) is 14.6 Å². The molecule has 1 atom stereocenters. The lowest BCUT2D eigenvalue weighted by molar-refractivity contribution is -0.129. The van der Waals surface area contributed by atoms with Crippen LogP contribution >= 0.6 is 11.6 Å². The van der Waals surface area contributed by atoms with Crippen LogP contribution < -0.4 is 5.32 Å². The molecule has 2 amide bonds. The van der Waals surface area contributed by atoms with Gasteiger partial charge in [-0.05, 0) is 41.5 Å². The fourth-order valence-electron chi connectivity index (χ4n) is 3.53. The van der Waals surface area contributed by atoms with E-state index in [4.69, 9.17) is 11.6 Å². The number of benzene rings is 2. The summed E-state index contributed by atoms with van der Waals surface area (Å²) in [6.45, 7) is 1.50. The molecule has 4 rings (SSSR count). The quantitative estimate of drug-likeness (QED) is 0.698. The third kappa shape index (κ3) is 3.37. The Hall–Kier alpha value is -3.18. The van der Waals surface area contributed by atoms with Crippen molar-refractivity contribution in [3.8, 4) is 0 Å². The minimum absolute atomic E-state index is 0.109. The van der Waals surface area contributed by atoms with Crippen molar-refractivity contribution >= 4 is 46.1 Å². The molecule has 0 saturated heterocycles. The van der Waals surface area contributed by atoms with Crippen LogP contribution in [0.3, 0.4) is 0 Å². The zero-order valence-corrected chi connectivity index (χ0v) is 16.0. The maximum atomic E-state index is 12.9. The smallest absolute Gasteiger partial charge is 0.226 e. The third-order valence-corrected chi connectivity index (χ3v) is 5.17. The van der Waals surface area contributed by atoms with E-state index in [1.807, 2.05) is 36.4 Å². The third-order valence-electron chi connectivity index (χ3n) is 4.84. The molecule has 1 aliphatic rings. The fourth-order valence-corrected chi connectivity index (χ4v) is 3.74. The number of hydrogen-bond acceptors (Lipinski definition) is 3. The Balaban J connectivity index is 1.62. The molecule has 0 aliphatic carbocycles. The van der Waals surface area contributed by atoms with Crippen LogP contribution in [0.2, 0.25) is 5.02 Å². The molecule has 0 spiro atoms. The number of rotatable bonds is 3. The molecule has 5 nitrogen and oxygen atoms in total. The monoisotopic (exact) mass is 391 g/mol. The second kappa shape index (κ2) is 7.44. The molecule has 3 aromatic rings. The van der Waals surface area contributed by atoms with Crippen LogP contribution in [0.15, 0.2) is 60.9 Å². The first-order valence-electron chi connectivity index (χ1n) is 8.93. The molecule has 1 unspecified atom stereocenters. The van der Waals surface area contributed by atoms with Crippen LogP contribution in [-0.2, 0) is 9.59 Å². The molecule has 1 N–H and O–H groups in total. The average Bonchev–Trinajstić information content (AvgIpc) is 2.70. The number of nitrogens with one attached hydrogen (secondary N) is 1. The number of halogens is 1. The summed E-state index contributed by atoms with van der Waals surface area (Å²) in [5.41, 5.74) is 3.19. The average molecular weight is 392 g/mol. The summed E-state index contributed by atoms with van der Waals surface area (Å²) in [4.78, 5) is 30.9. The number of nitrogens with zero attached hydrogens (tertiary/aromatic N) is 2. The van der Waals surface area contributed by atoms with E-state index in [1.165, 1.54) is 6.92 Å². The summed E-state index contributed by atoms with van der Waals surface area (Å²) in [6.07, 6.45) is 5.43. The molecule has 2 heterocycles. The second-order valence-electron chi connectivity index (χ2n) is 6.63. The maximum Gasteiger partial charge on any atom is 0.226 e. The van der Waals surface area contributed by atoms with E-state index < -0.39 is 0 Å². The lowest BCUT2D eigenvalue weighted by Crippen LogP contribution is -2.33. The molecule has 0 saturated carbocycles. The normalized spacial score (nSPS) is 15.4. The SMILES string of the molecule is CC(=O)N1C=Cc2ccccc2C1CC(=O)Nc1ccc(Cl)c2cccnc12. The summed E-state index contributed by atoms with van der Waals surface area (Å²) >= 11 is 6.23. The maximum absolute atomic E-state index is 12.9. The van der Waals surface area contributed by atoms with E-state index in [0.29, 0.717) is 16.2 Å². The molecule has 6 heteroatoms. The molecule has 1 aromatic heterocycles. The van der Waals surface area contributed by atoms with Crippen LogP contribution in [0, 0.1) is 0 Å². The van der Waals surface area contributed by atoms with Gasteiger partial charge in [-0.15, -0.1) is 0 Å². The van der Waals surface area contributed by atoms with Gasteiger partial charge in [-0.25, -0.2) is 0 Å². The minimum Gasteiger partial charge on any atom is -0.324 e. The Labute approximate surface area is 167 Å². The van der Waals surface area contributed by atoms with Crippen LogP contribution in [0.4, 0.5) is 5.69 Å². The van der Waals surface area contributed by atoms with Gasteiger partial charge in [0.15, 0.2) is 0 Å². The first-order valence-corrected chi connectivity index (χ1v) is 9.31. The van der Waals surface area contributed by atoms with Gasteiger partial charge in [-0.2, -0.15) is 0 Å². The van der Waals surface area contributed by atoms with E-state index in [-0.39, 0.29) is 24.3 Å². The Kier molecular flexibility index (Phi) is 4.84. The zero-order chi connectivity index (χ0) is 19.7.